The summed E-state index contributed by atoms with van der Waals surface area (Å²) in [5, 5.41) is 2.54. The minimum Gasteiger partial charge on any atom is -0.329 e. The van der Waals surface area contributed by atoms with Gasteiger partial charge in [0, 0.05) is 5.56 Å². The van der Waals surface area contributed by atoms with Crippen LogP contribution in [0.25, 0.3) is 0 Å². The molecule has 0 unspecified atom stereocenters. The van der Waals surface area contributed by atoms with Crippen molar-refractivity contribution >= 4 is 5.91 Å². The smallest absolute Gasteiger partial charge is 0.255 e. The van der Waals surface area contributed by atoms with Crippen molar-refractivity contribution in [2.24, 2.45) is 0 Å². The number of rotatable bonds is 2. The van der Waals surface area contributed by atoms with E-state index < -0.39 is 0 Å². The first-order valence-corrected chi connectivity index (χ1v) is 4.13. The number of aryl methyl sites for hydroxylation is 2. The molecule has 2 heteroatoms. The van der Waals surface area contributed by atoms with E-state index in [-0.39, 0.29) is 5.91 Å². The topological polar surface area (TPSA) is 29.1 Å². The van der Waals surface area contributed by atoms with Gasteiger partial charge in [0.2, 0.25) is 0 Å². The van der Waals surface area contributed by atoms with Gasteiger partial charge in [0.25, 0.3) is 5.91 Å². The zero-order chi connectivity index (χ0) is 9.84. The van der Waals surface area contributed by atoms with E-state index >= 15 is 0 Å². The van der Waals surface area contributed by atoms with Crippen LogP contribution in [0.3, 0.4) is 0 Å². The SMILES string of the molecule is C=CNC(=O)c1cc(C)cc(C)c1. The fourth-order valence-electron chi connectivity index (χ4n) is 1.28. The van der Waals surface area contributed by atoms with E-state index in [2.05, 4.69) is 11.9 Å². The molecular weight excluding hydrogens is 162 g/mol. The second-order valence-corrected chi connectivity index (χ2v) is 3.05. The van der Waals surface area contributed by atoms with Crippen LogP contribution in [0.4, 0.5) is 0 Å². The standard InChI is InChI=1S/C11H13NO/c1-4-12-11(13)10-6-8(2)5-9(3)7-10/h4-7H,1H2,2-3H3,(H,12,13). The van der Waals surface area contributed by atoms with Crippen molar-refractivity contribution in [1.82, 2.24) is 5.32 Å². The van der Waals surface area contributed by atoms with Gasteiger partial charge in [0.1, 0.15) is 0 Å². The molecular formula is C11H13NO. The van der Waals surface area contributed by atoms with Gasteiger partial charge in [-0.2, -0.15) is 0 Å². The number of amides is 1. The minimum atomic E-state index is -0.109. The molecule has 1 amide bonds. The predicted molar refractivity (Wildman–Crippen MR) is 53.6 cm³/mol. The van der Waals surface area contributed by atoms with E-state index in [0.29, 0.717) is 5.56 Å². The Labute approximate surface area is 78.3 Å². The summed E-state index contributed by atoms with van der Waals surface area (Å²) >= 11 is 0. The van der Waals surface area contributed by atoms with Gasteiger partial charge in [-0.25, -0.2) is 0 Å². The van der Waals surface area contributed by atoms with Crippen LogP contribution < -0.4 is 5.32 Å². The highest BCUT2D eigenvalue weighted by molar-refractivity contribution is 5.95. The summed E-state index contributed by atoms with van der Waals surface area (Å²) in [5.74, 6) is -0.109. The quantitative estimate of drug-likeness (QED) is 0.733. The molecule has 0 aliphatic rings. The van der Waals surface area contributed by atoms with Crippen molar-refractivity contribution in [3.8, 4) is 0 Å². The fourth-order valence-corrected chi connectivity index (χ4v) is 1.28. The van der Waals surface area contributed by atoms with Crippen molar-refractivity contribution in [2.75, 3.05) is 0 Å². The molecule has 68 valence electrons. The summed E-state index contributed by atoms with van der Waals surface area (Å²) in [5.41, 5.74) is 2.86. The number of hydrogen-bond acceptors (Lipinski definition) is 1. The molecule has 2 nitrogen and oxygen atoms in total. The normalized spacial score (nSPS) is 9.38. The number of benzene rings is 1. The maximum absolute atomic E-state index is 11.4. The Morgan fingerprint density at radius 3 is 2.31 bits per heavy atom. The third kappa shape index (κ3) is 2.44. The highest BCUT2D eigenvalue weighted by Crippen LogP contribution is 2.08. The Morgan fingerprint density at radius 1 is 1.31 bits per heavy atom. The molecule has 0 saturated heterocycles. The first-order valence-electron chi connectivity index (χ1n) is 4.13. The van der Waals surface area contributed by atoms with Crippen molar-refractivity contribution in [2.45, 2.75) is 13.8 Å². The molecule has 0 saturated carbocycles. The molecule has 0 aliphatic heterocycles. The summed E-state index contributed by atoms with van der Waals surface area (Å²) in [6.07, 6.45) is 1.39. The van der Waals surface area contributed by atoms with Gasteiger partial charge in [-0.1, -0.05) is 23.8 Å². The second kappa shape index (κ2) is 3.90. The summed E-state index contributed by atoms with van der Waals surface area (Å²) < 4.78 is 0. The van der Waals surface area contributed by atoms with Crippen LogP contribution in [-0.4, -0.2) is 5.91 Å². The summed E-state index contributed by atoms with van der Waals surface area (Å²) in [7, 11) is 0. The molecule has 1 aromatic rings. The minimum absolute atomic E-state index is 0.109. The van der Waals surface area contributed by atoms with Crippen molar-refractivity contribution < 1.29 is 4.79 Å². The molecule has 1 rings (SSSR count). The first-order chi connectivity index (χ1) is 6.13. The van der Waals surface area contributed by atoms with Crippen molar-refractivity contribution in [1.29, 1.82) is 0 Å². The van der Waals surface area contributed by atoms with E-state index in [4.69, 9.17) is 0 Å². The van der Waals surface area contributed by atoms with Gasteiger partial charge < -0.3 is 5.32 Å². The molecule has 0 radical (unpaired) electrons. The summed E-state index contributed by atoms with van der Waals surface area (Å²) in [6, 6.07) is 5.74. The van der Waals surface area contributed by atoms with Gasteiger partial charge in [-0.15, -0.1) is 0 Å². The molecule has 0 spiro atoms. The summed E-state index contributed by atoms with van der Waals surface area (Å²) in [4.78, 5) is 11.4. The maximum atomic E-state index is 11.4. The van der Waals surface area contributed by atoms with Gasteiger partial charge in [-0.3, -0.25) is 4.79 Å². The van der Waals surface area contributed by atoms with Gasteiger partial charge in [0.05, 0.1) is 0 Å². The van der Waals surface area contributed by atoms with Crippen molar-refractivity contribution in [3.63, 3.8) is 0 Å². The third-order valence-corrected chi connectivity index (χ3v) is 1.72. The lowest BCUT2D eigenvalue weighted by molar-refractivity contribution is 0.0970. The number of carbonyl (C=O) groups excluding carboxylic acids is 1. The third-order valence-electron chi connectivity index (χ3n) is 1.72. The Balaban J connectivity index is 3.00. The van der Waals surface area contributed by atoms with Crippen LogP contribution >= 0.6 is 0 Å². The number of carbonyl (C=O) groups is 1. The molecule has 0 aliphatic carbocycles. The van der Waals surface area contributed by atoms with E-state index in [1.807, 2.05) is 32.0 Å². The highest BCUT2D eigenvalue weighted by atomic mass is 16.1. The summed E-state index contributed by atoms with van der Waals surface area (Å²) in [6.45, 7) is 7.38. The Bertz CT molecular complexity index is 322. The lowest BCUT2D eigenvalue weighted by atomic mass is 10.1. The van der Waals surface area contributed by atoms with Crippen LogP contribution in [0.15, 0.2) is 31.0 Å². The molecule has 13 heavy (non-hydrogen) atoms. The zero-order valence-electron chi connectivity index (χ0n) is 7.92. The molecule has 1 N–H and O–H groups in total. The van der Waals surface area contributed by atoms with E-state index in [9.17, 15) is 4.79 Å². The average molecular weight is 175 g/mol. The van der Waals surface area contributed by atoms with Crippen molar-refractivity contribution in [3.05, 3.63) is 47.7 Å². The monoisotopic (exact) mass is 175 g/mol. The van der Waals surface area contributed by atoms with Crippen LogP contribution in [-0.2, 0) is 0 Å². The zero-order valence-corrected chi connectivity index (χ0v) is 7.92. The lowest BCUT2D eigenvalue weighted by Gasteiger charge is -2.02. The molecule has 0 heterocycles. The highest BCUT2D eigenvalue weighted by Gasteiger charge is 2.03. The van der Waals surface area contributed by atoms with Gasteiger partial charge in [-0.05, 0) is 32.2 Å². The Morgan fingerprint density at radius 2 is 1.85 bits per heavy atom. The van der Waals surface area contributed by atoms with Crippen LogP contribution in [0.1, 0.15) is 21.5 Å². The van der Waals surface area contributed by atoms with E-state index in [1.54, 1.807) is 0 Å². The van der Waals surface area contributed by atoms with E-state index in [0.717, 1.165) is 11.1 Å². The van der Waals surface area contributed by atoms with Crippen LogP contribution in [0.2, 0.25) is 0 Å². The van der Waals surface area contributed by atoms with Gasteiger partial charge in [0.15, 0.2) is 0 Å². The Hall–Kier alpha value is -1.57. The first kappa shape index (κ1) is 9.52. The lowest BCUT2D eigenvalue weighted by Crippen LogP contribution is -2.16. The molecule has 1 aromatic carbocycles. The van der Waals surface area contributed by atoms with Crippen LogP contribution in [0, 0.1) is 13.8 Å². The predicted octanol–water partition coefficient (Wildman–Crippen LogP) is 2.18. The molecule has 0 fully saturated rings. The molecule has 0 aromatic heterocycles. The maximum Gasteiger partial charge on any atom is 0.255 e. The second-order valence-electron chi connectivity index (χ2n) is 3.05. The fraction of sp³-hybridized carbons (Fsp3) is 0.182. The van der Waals surface area contributed by atoms with Crippen LogP contribution in [0.5, 0.6) is 0 Å². The largest absolute Gasteiger partial charge is 0.329 e. The molecule has 0 atom stereocenters. The van der Waals surface area contributed by atoms with Gasteiger partial charge >= 0.3 is 0 Å². The number of hydrogen-bond donors (Lipinski definition) is 1. The number of nitrogens with one attached hydrogen (secondary N) is 1. The molecule has 0 bridgehead atoms. The average Bonchev–Trinajstić information content (AvgIpc) is 2.03. The van der Waals surface area contributed by atoms with E-state index in [1.165, 1.54) is 6.20 Å². The Kier molecular flexibility index (Phi) is 2.85.